The number of benzene rings is 1. The van der Waals surface area contributed by atoms with Crippen LogP contribution >= 0.6 is 11.6 Å². The summed E-state index contributed by atoms with van der Waals surface area (Å²) in [5, 5.41) is 7.86. The van der Waals surface area contributed by atoms with Crippen molar-refractivity contribution in [3.8, 4) is 0 Å². The van der Waals surface area contributed by atoms with Crippen LogP contribution in [-0.2, 0) is 0 Å². The van der Waals surface area contributed by atoms with Crippen molar-refractivity contribution in [2.45, 2.75) is 0 Å². The van der Waals surface area contributed by atoms with Crippen molar-refractivity contribution in [2.24, 2.45) is 5.84 Å². The number of aromatic nitrogens is 2. The van der Waals surface area contributed by atoms with Crippen LogP contribution in [0.25, 0.3) is 0 Å². The zero-order valence-corrected chi connectivity index (χ0v) is 8.98. The summed E-state index contributed by atoms with van der Waals surface area (Å²) in [7, 11) is 0. The van der Waals surface area contributed by atoms with E-state index in [4.69, 9.17) is 17.4 Å². The number of halogens is 1. The molecular formula is C10H9ClN4O. The largest absolute Gasteiger partial charge is 0.290 e. The number of nitrogens with two attached hydrogens (primary N) is 1. The van der Waals surface area contributed by atoms with E-state index in [1.807, 2.05) is 0 Å². The summed E-state index contributed by atoms with van der Waals surface area (Å²) in [5.41, 5.74) is 0.890. The maximum atomic E-state index is 11.8. The third-order valence-electron chi connectivity index (χ3n) is 2.05. The van der Waals surface area contributed by atoms with E-state index in [2.05, 4.69) is 10.2 Å². The second-order valence-electron chi connectivity index (χ2n) is 3.12. The number of carbonyl (C=O) groups is 1. The van der Waals surface area contributed by atoms with E-state index in [9.17, 15) is 4.79 Å². The predicted molar refractivity (Wildman–Crippen MR) is 61.0 cm³/mol. The Balaban J connectivity index is 2.22. The van der Waals surface area contributed by atoms with Crippen LogP contribution in [0.2, 0.25) is 5.02 Å². The van der Waals surface area contributed by atoms with Gasteiger partial charge in [0.25, 0.3) is 5.91 Å². The van der Waals surface area contributed by atoms with Gasteiger partial charge in [0.05, 0.1) is 5.69 Å². The quantitative estimate of drug-likeness (QED) is 0.472. The lowest BCUT2D eigenvalue weighted by Crippen LogP contribution is -2.37. The molecule has 0 radical (unpaired) electrons. The summed E-state index contributed by atoms with van der Waals surface area (Å²) in [6, 6.07) is 8.21. The average Bonchev–Trinajstić information content (AvgIpc) is 2.81. The topological polar surface area (TPSA) is 75.0 Å². The van der Waals surface area contributed by atoms with Crippen molar-refractivity contribution < 1.29 is 4.79 Å². The van der Waals surface area contributed by atoms with Gasteiger partial charge in [-0.1, -0.05) is 11.6 Å². The zero-order chi connectivity index (χ0) is 11.5. The van der Waals surface area contributed by atoms with Gasteiger partial charge in [-0.05, 0) is 30.3 Å². The molecule has 2 rings (SSSR count). The maximum absolute atomic E-state index is 11.8. The molecule has 5 nitrogen and oxygen atoms in total. The average molecular weight is 237 g/mol. The number of carbonyl (C=O) groups excluding carboxylic acids is 1. The lowest BCUT2D eigenvalue weighted by Gasteiger charge is -2.15. The molecule has 6 heteroatoms. The molecule has 1 amide bonds. The highest BCUT2D eigenvalue weighted by molar-refractivity contribution is 6.30. The number of nitrogens with one attached hydrogen (secondary N) is 1. The number of hydrogen-bond donors (Lipinski definition) is 2. The van der Waals surface area contributed by atoms with Crippen LogP contribution < -0.4 is 10.9 Å². The first kappa shape index (κ1) is 10.7. The number of anilines is 1. The SMILES string of the molecule is NN(C(=O)c1ccn[nH]1)c1ccc(Cl)cc1. The molecule has 0 aliphatic carbocycles. The zero-order valence-electron chi connectivity index (χ0n) is 8.22. The maximum Gasteiger partial charge on any atom is 0.290 e. The van der Waals surface area contributed by atoms with Crippen molar-refractivity contribution >= 4 is 23.2 Å². The van der Waals surface area contributed by atoms with Gasteiger partial charge >= 0.3 is 0 Å². The molecule has 1 heterocycles. The molecule has 0 aliphatic heterocycles. The van der Waals surface area contributed by atoms with Gasteiger partial charge in [-0.3, -0.25) is 9.89 Å². The number of amides is 1. The summed E-state index contributed by atoms with van der Waals surface area (Å²) in [4.78, 5) is 11.8. The van der Waals surface area contributed by atoms with Crippen LogP contribution in [-0.4, -0.2) is 16.1 Å². The molecule has 1 aromatic heterocycles. The van der Waals surface area contributed by atoms with Gasteiger partial charge < -0.3 is 0 Å². The first-order chi connectivity index (χ1) is 7.68. The number of H-pyrrole nitrogens is 1. The van der Waals surface area contributed by atoms with Gasteiger partial charge in [0.1, 0.15) is 5.69 Å². The molecule has 82 valence electrons. The summed E-state index contributed by atoms with van der Waals surface area (Å²) in [6.07, 6.45) is 1.49. The molecule has 0 saturated carbocycles. The van der Waals surface area contributed by atoms with Crippen LogP contribution in [0, 0.1) is 0 Å². The van der Waals surface area contributed by atoms with Gasteiger partial charge in [0.2, 0.25) is 0 Å². The molecule has 0 bridgehead atoms. The van der Waals surface area contributed by atoms with Crippen LogP contribution in [0.3, 0.4) is 0 Å². The van der Waals surface area contributed by atoms with Crippen molar-refractivity contribution in [2.75, 3.05) is 5.01 Å². The normalized spacial score (nSPS) is 10.1. The Labute approximate surface area is 96.8 Å². The fraction of sp³-hybridized carbons (Fsp3) is 0. The lowest BCUT2D eigenvalue weighted by atomic mass is 10.3. The summed E-state index contributed by atoms with van der Waals surface area (Å²) < 4.78 is 0. The molecule has 0 atom stereocenters. The Kier molecular flexibility index (Phi) is 2.89. The van der Waals surface area contributed by atoms with Crippen LogP contribution in [0.15, 0.2) is 36.5 Å². The highest BCUT2D eigenvalue weighted by atomic mass is 35.5. The first-order valence-corrected chi connectivity index (χ1v) is 4.90. The minimum Gasteiger partial charge on any atom is -0.273 e. The Morgan fingerprint density at radius 2 is 2.00 bits per heavy atom. The fourth-order valence-corrected chi connectivity index (χ4v) is 1.35. The van der Waals surface area contributed by atoms with E-state index in [1.54, 1.807) is 30.3 Å². The molecule has 0 unspecified atom stereocenters. The summed E-state index contributed by atoms with van der Waals surface area (Å²) >= 11 is 5.74. The standard InChI is InChI=1S/C10H9ClN4O/c11-7-1-3-8(4-2-7)15(12)10(16)9-5-6-13-14-9/h1-6H,12H2,(H,13,14). The van der Waals surface area contributed by atoms with Crippen molar-refractivity contribution in [1.29, 1.82) is 0 Å². The molecule has 0 aliphatic rings. The van der Waals surface area contributed by atoms with Gasteiger partial charge in [-0.2, -0.15) is 5.10 Å². The number of rotatable bonds is 2. The molecule has 0 saturated heterocycles. The van der Waals surface area contributed by atoms with Crippen LogP contribution in [0.1, 0.15) is 10.5 Å². The Bertz CT molecular complexity index is 480. The van der Waals surface area contributed by atoms with E-state index in [1.165, 1.54) is 6.20 Å². The monoisotopic (exact) mass is 236 g/mol. The van der Waals surface area contributed by atoms with Gasteiger partial charge in [0, 0.05) is 11.2 Å². The fourth-order valence-electron chi connectivity index (χ4n) is 1.22. The minimum absolute atomic E-state index is 0.331. The summed E-state index contributed by atoms with van der Waals surface area (Å²) in [6.45, 7) is 0. The highest BCUT2D eigenvalue weighted by Crippen LogP contribution is 2.16. The molecular weight excluding hydrogens is 228 g/mol. The first-order valence-electron chi connectivity index (χ1n) is 4.52. The third-order valence-corrected chi connectivity index (χ3v) is 2.31. The van der Waals surface area contributed by atoms with E-state index in [0.717, 1.165) is 5.01 Å². The number of hydrogen-bond acceptors (Lipinski definition) is 3. The predicted octanol–water partition coefficient (Wildman–Crippen LogP) is 1.58. The second-order valence-corrected chi connectivity index (χ2v) is 3.56. The van der Waals surface area contributed by atoms with Crippen molar-refractivity contribution in [1.82, 2.24) is 10.2 Å². The van der Waals surface area contributed by atoms with Crippen LogP contribution in [0.5, 0.6) is 0 Å². The van der Waals surface area contributed by atoms with E-state index in [0.29, 0.717) is 16.4 Å². The third kappa shape index (κ3) is 2.05. The molecule has 3 N–H and O–H groups in total. The van der Waals surface area contributed by atoms with E-state index < -0.39 is 0 Å². The highest BCUT2D eigenvalue weighted by Gasteiger charge is 2.14. The molecule has 1 aromatic carbocycles. The number of aromatic amines is 1. The second kappa shape index (κ2) is 4.34. The van der Waals surface area contributed by atoms with Crippen molar-refractivity contribution in [3.05, 3.63) is 47.2 Å². The smallest absolute Gasteiger partial charge is 0.273 e. The van der Waals surface area contributed by atoms with E-state index in [-0.39, 0.29) is 5.91 Å². The number of hydrazine groups is 1. The van der Waals surface area contributed by atoms with Gasteiger partial charge in [0.15, 0.2) is 0 Å². The Morgan fingerprint density at radius 1 is 1.31 bits per heavy atom. The minimum atomic E-state index is -0.361. The molecule has 0 spiro atoms. The van der Waals surface area contributed by atoms with Crippen molar-refractivity contribution in [3.63, 3.8) is 0 Å². The van der Waals surface area contributed by atoms with Gasteiger partial charge in [-0.15, -0.1) is 0 Å². The molecule has 0 fully saturated rings. The summed E-state index contributed by atoms with van der Waals surface area (Å²) in [5.74, 6) is 5.31. The van der Waals surface area contributed by atoms with Gasteiger partial charge in [-0.25, -0.2) is 10.9 Å². The lowest BCUT2D eigenvalue weighted by molar-refractivity contribution is 0.0982. The Hall–Kier alpha value is -1.85. The molecule has 16 heavy (non-hydrogen) atoms. The Morgan fingerprint density at radius 3 is 2.56 bits per heavy atom. The van der Waals surface area contributed by atoms with E-state index >= 15 is 0 Å². The number of nitrogens with zero attached hydrogens (tertiary/aromatic N) is 2. The molecule has 2 aromatic rings. The van der Waals surface area contributed by atoms with Crippen LogP contribution in [0.4, 0.5) is 5.69 Å².